The monoisotopic (exact) mass is 339 g/mol. The summed E-state index contributed by atoms with van der Waals surface area (Å²) in [7, 11) is 1.59. The van der Waals surface area contributed by atoms with Crippen molar-refractivity contribution in [1.82, 2.24) is 5.32 Å². The van der Waals surface area contributed by atoms with E-state index in [-0.39, 0.29) is 12.3 Å². The van der Waals surface area contributed by atoms with Crippen molar-refractivity contribution in [2.75, 3.05) is 20.3 Å². The highest BCUT2D eigenvalue weighted by molar-refractivity contribution is 6.30. The summed E-state index contributed by atoms with van der Waals surface area (Å²) in [5.74, 6) is 1.25. The molecule has 0 aliphatic heterocycles. The van der Waals surface area contributed by atoms with Gasteiger partial charge in [0.15, 0.2) is 0 Å². The Balaban J connectivity index is 1.72. The van der Waals surface area contributed by atoms with Gasteiger partial charge in [-0.25, -0.2) is 0 Å². The first-order valence-electron chi connectivity index (χ1n) is 8.31. The van der Waals surface area contributed by atoms with Gasteiger partial charge in [0, 0.05) is 17.1 Å². The van der Waals surface area contributed by atoms with Gasteiger partial charge in [-0.05, 0) is 37.0 Å². The molecule has 23 heavy (non-hydrogen) atoms. The molecule has 0 heterocycles. The molecule has 1 aliphatic carbocycles. The Kier molecular flexibility index (Phi) is 7.18. The van der Waals surface area contributed by atoms with Crippen LogP contribution in [0.2, 0.25) is 5.02 Å². The molecule has 1 saturated carbocycles. The number of halogens is 1. The number of carbonyl (C=O) groups excluding carboxylic acids is 1. The van der Waals surface area contributed by atoms with Crippen LogP contribution in [0.1, 0.15) is 38.2 Å². The smallest absolute Gasteiger partial charge is 0.224 e. The highest BCUT2D eigenvalue weighted by atomic mass is 35.5. The minimum absolute atomic E-state index is 0.0501. The Morgan fingerprint density at radius 3 is 2.87 bits per heavy atom. The molecule has 0 unspecified atom stereocenters. The van der Waals surface area contributed by atoms with Gasteiger partial charge in [0.05, 0.1) is 26.2 Å². The lowest BCUT2D eigenvalue weighted by Gasteiger charge is -2.28. The molecule has 2 rings (SSSR count). The van der Waals surface area contributed by atoms with Crippen molar-refractivity contribution in [2.45, 2.75) is 45.1 Å². The van der Waals surface area contributed by atoms with Crippen LogP contribution < -0.4 is 10.1 Å². The lowest BCUT2D eigenvalue weighted by molar-refractivity contribution is -0.120. The standard InChI is InChI=1S/C18H26ClNO3/c1-13-5-3-4-6-16(13)23-10-9-20-18(21)12-14-11-15(19)7-8-17(14)22-2/h7-8,11,13,16H,3-6,9-10,12H2,1-2H3,(H,20,21)/t13-,16-/m0/s1. The summed E-state index contributed by atoms with van der Waals surface area (Å²) < 4.78 is 11.2. The Morgan fingerprint density at radius 2 is 2.13 bits per heavy atom. The predicted molar refractivity (Wildman–Crippen MR) is 92.1 cm³/mol. The maximum atomic E-state index is 12.0. The molecule has 0 radical (unpaired) electrons. The van der Waals surface area contributed by atoms with Crippen LogP contribution in [-0.2, 0) is 16.0 Å². The fraction of sp³-hybridized carbons (Fsp3) is 0.611. The number of hydrogen-bond acceptors (Lipinski definition) is 3. The van der Waals surface area contributed by atoms with E-state index in [4.69, 9.17) is 21.1 Å². The first kappa shape index (κ1) is 18.1. The molecule has 2 atom stereocenters. The van der Waals surface area contributed by atoms with Gasteiger partial charge in [-0.15, -0.1) is 0 Å². The first-order valence-corrected chi connectivity index (χ1v) is 8.68. The number of nitrogens with one attached hydrogen (secondary N) is 1. The van der Waals surface area contributed by atoms with Crippen LogP contribution in [0.5, 0.6) is 5.75 Å². The molecular weight excluding hydrogens is 314 g/mol. The van der Waals surface area contributed by atoms with E-state index in [2.05, 4.69) is 12.2 Å². The maximum absolute atomic E-state index is 12.0. The molecule has 128 valence electrons. The lowest BCUT2D eigenvalue weighted by atomic mass is 9.88. The highest BCUT2D eigenvalue weighted by Gasteiger charge is 2.21. The van der Waals surface area contributed by atoms with Gasteiger partial charge in [-0.1, -0.05) is 31.4 Å². The second-order valence-corrected chi connectivity index (χ2v) is 6.59. The third-order valence-electron chi connectivity index (χ3n) is 4.38. The largest absolute Gasteiger partial charge is 0.496 e. The summed E-state index contributed by atoms with van der Waals surface area (Å²) in [4.78, 5) is 12.0. The summed E-state index contributed by atoms with van der Waals surface area (Å²) in [6.07, 6.45) is 5.52. The van der Waals surface area contributed by atoms with Crippen LogP contribution in [0.4, 0.5) is 0 Å². The Morgan fingerprint density at radius 1 is 1.35 bits per heavy atom. The second-order valence-electron chi connectivity index (χ2n) is 6.15. The Hall–Kier alpha value is -1.26. The van der Waals surface area contributed by atoms with Crippen LogP contribution in [0.3, 0.4) is 0 Å². The van der Waals surface area contributed by atoms with Crippen molar-refractivity contribution in [3.05, 3.63) is 28.8 Å². The van der Waals surface area contributed by atoms with Crippen molar-refractivity contribution >= 4 is 17.5 Å². The Labute approximate surface area is 143 Å². The molecule has 4 nitrogen and oxygen atoms in total. The number of methoxy groups -OCH3 is 1. The minimum atomic E-state index is -0.0501. The summed E-state index contributed by atoms with van der Waals surface area (Å²) >= 11 is 5.98. The van der Waals surface area contributed by atoms with E-state index in [0.717, 1.165) is 12.0 Å². The van der Waals surface area contributed by atoms with Gasteiger partial charge < -0.3 is 14.8 Å². The van der Waals surface area contributed by atoms with Crippen molar-refractivity contribution in [2.24, 2.45) is 5.92 Å². The second kappa shape index (κ2) is 9.14. The summed E-state index contributed by atoms with van der Waals surface area (Å²) in [5.41, 5.74) is 0.791. The van der Waals surface area contributed by atoms with Crippen LogP contribution in [0, 0.1) is 5.92 Å². The third-order valence-corrected chi connectivity index (χ3v) is 4.62. The molecule has 1 amide bonds. The molecule has 1 aliphatic rings. The SMILES string of the molecule is COc1ccc(Cl)cc1CC(=O)NCCO[C@H]1CCCC[C@@H]1C. The number of amides is 1. The Bertz CT molecular complexity index is 521. The third kappa shape index (κ3) is 5.70. The topological polar surface area (TPSA) is 47.6 Å². The number of ether oxygens (including phenoxy) is 2. The summed E-state index contributed by atoms with van der Waals surface area (Å²) in [6.45, 7) is 3.34. The van der Waals surface area contributed by atoms with E-state index in [1.807, 2.05) is 0 Å². The zero-order valence-corrected chi connectivity index (χ0v) is 14.7. The number of rotatable bonds is 7. The predicted octanol–water partition coefficient (Wildman–Crippen LogP) is 3.60. The number of benzene rings is 1. The van der Waals surface area contributed by atoms with E-state index in [1.54, 1.807) is 25.3 Å². The normalized spacial score (nSPS) is 21.0. The minimum Gasteiger partial charge on any atom is -0.496 e. The molecule has 1 fully saturated rings. The molecule has 1 aromatic carbocycles. The van der Waals surface area contributed by atoms with Crippen molar-refractivity contribution in [1.29, 1.82) is 0 Å². The van der Waals surface area contributed by atoms with Gasteiger partial charge in [0.2, 0.25) is 5.91 Å². The summed E-state index contributed by atoms with van der Waals surface area (Å²) in [6, 6.07) is 5.29. The summed E-state index contributed by atoms with van der Waals surface area (Å²) in [5, 5.41) is 3.49. The van der Waals surface area contributed by atoms with E-state index >= 15 is 0 Å². The average Bonchev–Trinajstić information content (AvgIpc) is 2.53. The fourth-order valence-corrected chi connectivity index (χ4v) is 3.25. The molecule has 1 N–H and O–H groups in total. The van der Waals surface area contributed by atoms with Gasteiger partial charge in [0.1, 0.15) is 5.75 Å². The van der Waals surface area contributed by atoms with Crippen molar-refractivity contribution in [3.8, 4) is 5.75 Å². The van der Waals surface area contributed by atoms with Crippen LogP contribution in [0.15, 0.2) is 18.2 Å². The lowest BCUT2D eigenvalue weighted by Crippen LogP contribution is -2.32. The van der Waals surface area contributed by atoms with Crippen LogP contribution >= 0.6 is 11.6 Å². The van der Waals surface area contributed by atoms with E-state index in [0.29, 0.717) is 35.9 Å². The molecule has 0 spiro atoms. The molecule has 1 aromatic rings. The van der Waals surface area contributed by atoms with Gasteiger partial charge >= 0.3 is 0 Å². The van der Waals surface area contributed by atoms with E-state index in [1.165, 1.54) is 19.3 Å². The highest BCUT2D eigenvalue weighted by Crippen LogP contribution is 2.26. The van der Waals surface area contributed by atoms with Gasteiger partial charge in [-0.3, -0.25) is 4.79 Å². The quantitative estimate of drug-likeness (QED) is 0.772. The molecule has 0 saturated heterocycles. The average molecular weight is 340 g/mol. The van der Waals surface area contributed by atoms with E-state index in [9.17, 15) is 4.79 Å². The van der Waals surface area contributed by atoms with Crippen molar-refractivity contribution in [3.63, 3.8) is 0 Å². The molecule has 0 aromatic heterocycles. The van der Waals surface area contributed by atoms with Gasteiger partial charge in [0.25, 0.3) is 0 Å². The van der Waals surface area contributed by atoms with E-state index < -0.39 is 0 Å². The molecule has 0 bridgehead atoms. The number of carbonyl (C=O) groups is 1. The molecular formula is C18H26ClNO3. The van der Waals surface area contributed by atoms with Crippen LogP contribution in [-0.4, -0.2) is 32.3 Å². The zero-order chi connectivity index (χ0) is 16.7. The molecule has 5 heteroatoms. The van der Waals surface area contributed by atoms with Crippen molar-refractivity contribution < 1.29 is 14.3 Å². The zero-order valence-electron chi connectivity index (χ0n) is 13.9. The van der Waals surface area contributed by atoms with Crippen LogP contribution in [0.25, 0.3) is 0 Å². The first-order chi connectivity index (χ1) is 11.1. The number of hydrogen-bond donors (Lipinski definition) is 1. The fourth-order valence-electron chi connectivity index (χ4n) is 3.05. The maximum Gasteiger partial charge on any atom is 0.224 e. The van der Waals surface area contributed by atoms with Gasteiger partial charge in [-0.2, -0.15) is 0 Å².